The second-order valence-corrected chi connectivity index (χ2v) is 2.64. The number of aromatic amines is 1. The summed E-state index contributed by atoms with van der Waals surface area (Å²) < 4.78 is 13.1. The molecular formula is C8H6FN5O. The normalized spacial score (nSPS) is 9.93. The summed E-state index contributed by atoms with van der Waals surface area (Å²) in [5.74, 6) is -1.13. The number of pyridine rings is 1. The Labute approximate surface area is 83.6 Å². The van der Waals surface area contributed by atoms with E-state index in [1.54, 1.807) is 0 Å². The van der Waals surface area contributed by atoms with Crippen molar-refractivity contribution in [1.29, 1.82) is 0 Å². The average molecular weight is 207 g/mol. The number of amides is 1. The van der Waals surface area contributed by atoms with Crippen LogP contribution in [0.15, 0.2) is 24.8 Å². The van der Waals surface area contributed by atoms with Gasteiger partial charge in [-0.3, -0.25) is 15.1 Å². The summed E-state index contributed by atoms with van der Waals surface area (Å²) in [6, 6.07) is 1.28. The van der Waals surface area contributed by atoms with Crippen molar-refractivity contribution in [3.63, 3.8) is 0 Å². The minimum absolute atomic E-state index is 0.0959. The summed E-state index contributed by atoms with van der Waals surface area (Å²) in [7, 11) is 0. The molecule has 2 heterocycles. The topological polar surface area (TPSA) is 83.6 Å². The van der Waals surface area contributed by atoms with Crippen LogP contribution in [0.4, 0.5) is 10.3 Å². The number of carbonyl (C=O) groups excluding carboxylic acids is 1. The molecule has 0 aromatic carbocycles. The van der Waals surface area contributed by atoms with Crippen molar-refractivity contribution in [1.82, 2.24) is 20.2 Å². The van der Waals surface area contributed by atoms with Crippen LogP contribution in [-0.2, 0) is 0 Å². The minimum atomic E-state index is -0.686. The van der Waals surface area contributed by atoms with Crippen molar-refractivity contribution in [2.75, 3.05) is 5.32 Å². The fourth-order valence-corrected chi connectivity index (χ4v) is 1.000. The Bertz CT molecular complexity index is 470. The fraction of sp³-hybridized carbons (Fsp3) is 0. The zero-order chi connectivity index (χ0) is 10.7. The number of carbonyl (C=O) groups is 1. The van der Waals surface area contributed by atoms with Crippen molar-refractivity contribution < 1.29 is 9.18 Å². The van der Waals surface area contributed by atoms with Gasteiger partial charge in [-0.2, -0.15) is 10.1 Å². The molecule has 2 N–H and O–H groups in total. The molecule has 2 rings (SSSR count). The second-order valence-electron chi connectivity index (χ2n) is 2.64. The maximum Gasteiger partial charge on any atom is 0.261 e. The standard InChI is InChI=1S/C8H6FN5O/c9-6-3-10-2-1-5(6)7(15)13-8-11-4-12-14-8/h1-4H,(H2,11,12,13,14,15). The summed E-state index contributed by atoms with van der Waals surface area (Å²) in [6.07, 6.45) is 3.53. The van der Waals surface area contributed by atoms with E-state index in [4.69, 9.17) is 0 Å². The lowest BCUT2D eigenvalue weighted by molar-refractivity contribution is 0.102. The molecule has 0 unspecified atom stereocenters. The fourth-order valence-electron chi connectivity index (χ4n) is 1.000. The number of hydrogen-bond donors (Lipinski definition) is 2. The van der Waals surface area contributed by atoms with Crippen molar-refractivity contribution in [3.8, 4) is 0 Å². The first kappa shape index (κ1) is 9.25. The lowest BCUT2D eigenvalue weighted by Crippen LogP contribution is -2.14. The van der Waals surface area contributed by atoms with E-state index in [0.717, 1.165) is 6.20 Å². The Balaban J connectivity index is 2.19. The van der Waals surface area contributed by atoms with Crippen LogP contribution in [0.5, 0.6) is 0 Å². The third kappa shape index (κ3) is 1.96. The Morgan fingerprint density at radius 3 is 3.07 bits per heavy atom. The van der Waals surface area contributed by atoms with Gasteiger partial charge < -0.3 is 0 Å². The molecule has 0 radical (unpaired) electrons. The maximum absolute atomic E-state index is 13.1. The van der Waals surface area contributed by atoms with Crippen LogP contribution in [0.3, 0.4) is 0 Å². The molecule has 76 valence electrons. The van der Waals surface area contributed by atoms with Crippen molar-refractivity contribution in [2.24, 2.45) is 0 Å². The van der Waals surface area contributed by atoms with Crippen LogP contribution in [0, 0.1) is 5.82 Å². The van der Waals surface area contributed by atoms with Gasteiger partial charge in [-0.25, -0.2) is 9.49 Å². The van der Waals surface area contributed by atoms with Crippen LogP contribution in [0.1, 0.15) is 10.4 Å². The van der Waals surface area contributed by atoms with E-state index >= 15 is 0 Å². The van der Waals surface area contributed by atoms with E-state index in [0.29, 0.717) is 0 Å². The van der Waals surface area contributed by atoms with Crippen LogP contribution in [0.25, 0.3) is 0 Å². The van der Waals surface area contributed by atoms with E-state index in [1.807, 2.05) is 0 Å². The Hall–Kier alpha value is -2.31. The minimum Gasteiger partial charge on any atom is -0.291 e. The van der Waals surface area contributed by atoms with Gasteiger partial charge in [-0.05, 0) is 6.07 Å². The SMILES string of the molecule is O=C(Nc1ncn[nH]1)c1ccncc1F. The highest BCUT2D eigenvalue weighted by Crippen LogP contribution is 2.06. The highest BCUT2D eigenvalue weighted by molar-refractivity contribution is 6.03. The molecule has 1 amide bonds. The van der Waals surface area contributed by atoms with E-state index in [2.05, 4.69) is 25.5 Å². The molecule has 6 nitrogen and oxygen atoms in total. The van der Waals surface area contributed by atoms with Crippen molar-refractivity contribution in [3.05, 3.63) is 36.2 Å². The molecule has 15 heavy (non-hydrogen) atoms. The van der Waals surface area contributed by atoms with Gasteiger partial charge in [0.1, 0.15) is 6.33 Å². The molecule has 0 aliphatic rings. The molecule has 0 aliphatic heterocycles. The molecule has 0 saturated heterocycles. The monoisotopic (exact) mass is 207 g/mol. The molecule has 0 fully saturated rings. The molecule has 0 spiro atoms. The number of rotatable bonds is 2. The molecule has 7 heteroatoms. The van der Waals surface area contributed by atoms with E-state index in [1.165, 1.54) is 18.6 Å². The summed E-state index contributed by atoms with van der Waals surface area (Å²) in [5, 5.41) is 8.30. The largest absolute Gasteiger partial charge is 0.291 e. The summed E-state index contributed by atoms with van der Waals surface area (Å²) in [5.41, 5.74) is -0.0959. The van der Waals surface area contributed by atoms with Gasteiger partial charge in [0.15, 0.2) is 5.82 Å². The lowest BCUT2D eigenvalue weighted by Gasteiger charge is -2.01. The number of anilines is 1. The van der Waals surface area contributed by atoms with Crippen LogP contribution >= 0.6 is 0 Å². The molecule has 2 aromatic rings. The predicted octanol–water partition coefficient (Wildman–Crippen LogP) is 0.591. The smallest absolute Gasteiger partial charge is 0.261 e. The first-order valence-corrected chi connectivity index (χ1v) is 4.03. The summed E-state index contributed by atoms with van der Waals surface area (Å²) in [4.78, 5) is 18.7. The highest BCUT2D eigenvalue weighted by atomic mass is 19.1. The Morgan fingerprint density at radius 2 is 2.40 bits per heavy atom. The highest BCUT2D eigenvalue weighted by Gasteiger charge is 2.12. The molecular weight excluding hydrogens is 201 g/mol. The zero-order valence-electron chi connectivity index (χ0n) is 7.44. The number of aromatic nitrogens is 4. The molecule has 0 aliphatic carbocycles. The molecule has 0 bridgehead atoms. The van der Waals surface area contributed by atoms with Gasteiger partial charge in [0.2, 0.25) is 5.95 Å². The van der Waals surface area contributed by atoms with Crippen LogP contribution in [0.2, 0.25) is 0 Å². The van der Waals surface area contributed by atoms with Gasteiger partial charge >= 0.3 is 0 Å². The third-order valence-electron chi connectivity index (χ3n) is 1.66. The van der Waals surface area contributed by atoms with E-state index in [-0.39, 0.29) is 11.5 Å². The molecule has 2 aromatic heterocycles. The number of nitrogens with zero attached hydrogens (tertiary/aromatic N) is 3. The van der Waals surface area contributed by atoms with Crippen LogP contribution < -0.4 is 5.32 Å². The van der Waals surface area contributed by atoms with Crippen molar-refractivity contribution in [2.45, 2.75) is 0 Å². The number of hydrogen-bond acceptors (Lipinski definition) is 4. The van der Waals surface area contributed by atoms with Gasteiger partial charge in [-0.15, -0.1) is 0 Å². The predicted molar refractivity (Wildman–Crippen MR) is 48.5 cm³/mol. The average Bonchev–Trinajstić information content (AvgIpc) is 2.71. The lowest BCUT2D eigenvalue weighted by atomic mass is 10.2. The number of H-pyrrole nitrogens is 1. The van der Waals surface area contributed by atoms with Crippen LogP contribution in [-0.4, -0.2) is 26.1 Å². The van der Waals surface area contributed by atoms with Gasteiger partial charge in [0.05, 0.1) is 11.8 Å². The van der Waals surface area contributed by atoms with Gasteiger partial charge in [0.25, 0.3) is 5.91 Å². The molecule has 0 saturated carbocycles. The Morgan fingerprint density at radius 1 is 1.53 bits per heavy atom. The maximum atomic E-state index is 13.1. The van der Waals surface area contributed by atoms with E-state index in [9.17, 15) is 9.18 Å². The first-order chi connectivity index (χ1) is 7.27. The third-order valence-corrected chi connectivity index (χ3v) is 1.66. The van der Waals surface area contributed by atoms with E-state index < -0.39 is 11.7 Å². The first-order valence-electron chi connectivity index (χ1n) is 4.03. The second kappa shape index (κ2) is 3.82. The number of nitrogens with one attached hydrogen (secondary N) is 2. The van der Waals surface area contributed by atoms with Crippen molar-refractivity contribution >= 4 is 11.9 Å². The summed E-state index contributed by atoms with van der Waals surface area (Å²) in [6.45, 7) is 0. The molecule has 0 atom stereocenters. The zero-order valence-corrected chi connectivity index (χ0v) is 7.44. The van der Waals surface area contributed by atoms with Gasteiger partial charge in [-0.1, -0.05) is 0 Å². The quantitative estimate of drug-likeness (QED) is 0.754. The Kier molecular flexibility index (Phi) is 2.36. The summed E-state index contributed by atoms with van der Waals surface area (Å²) >= 11 is 0. The number of halogens is 1. The van der Waals surface area contributed by atoms with Gasteiger partial charge in [0, 0.05) is 6.20 Å².